The van der Waals surface area contributed by atoms with Crippen molar-refractivity contribution in [2.24, 2.45) is 0 Å². The van der Waals surface area contributed by atoms with E-state index in [1.807, 2.05) is 6.07 Å². The van der Waals surface area contributed by atoms with Gasteiger partial charge in [-0.15, -0.1) is 0 Å². The number of hydrogen-bond acceptors (Lipinski definition) is 2. The molecule has 0 saturated heterocycles. The summed E-state index contributed by atoms with van der Waals surface area (Å²) >= 11 is 21.5. The number of nitrogens with zero attached hydrogens (tertiary/aromatic N) is 1. The summed E-state index contributed by atoms with van der Waals surface area (Å²) in [6.45, 7) is 0. The van der Waals surface area contributed by atoms with Crippen LogP contribution in [0.2, 0.25) is 15.1 Å². The van der Waals surface area contributed by atoms with Crippen LogP contribution in [0.3, 0.4) is 0 Å². The van der Waals surface area contributed by atoms with E-state index in [1.165, 1.54) is 0 Å². The van der Waals surface area contributed by atoms with Crippen molar-refractivity contribution in [2.75, 3.05) is 0 Å². The fourth-order valence-corrected chi connectivity index (χ4v) is 3.27. The van der Waals surface area contributed by atoms with Crippen molar-refractivity contribution in [3.63, 3.8) is 0 Å². The molecule has 0 bridgehead atoms. The summed E-state index contributed by atoms with van der Waals surface area (Å²) in [7, 11) is 0. The summed E-state index contributed by atoms with van der Waals surface area (Å²) in [6, 6.07) is 11.6. The van der Waals surface area contributed by atoms with Gasteiger partial charge in [0.2, 0.25) is 0 Å². The lowest BCUT2D eigenvalue weighted by Gasteiger charge is -2.13. The van der Waals surface area contributed by atoms with Crippen molar-refractivity contribution in [1.29, 1.82) is 5.26 Å². The molecule has 0 spiro atoms. The molecule has 0 heterocycles. The maximum absolute atomic E-state index is 12.6. The van der Waals surface area contributed by atoms with E-state index in [0.29, 0.717) is 5.56 Å². The zero-order chi connectivity index (χ0) is 15.6. The third kappa shape index (κ3) is 3.41. The quantitative estimate of drug-likeness (QED) is 0.599. The van der Waals surface area contributed by atoms with Gasteiger partial charge in [0.15, 0.2) is 5.78 Å². The molecule has 2 nitrogen and oxygen atoms in total. The molecule has 0 aromatic heterocycles. The van der Waals surface area contributed by atoms with Crippen LogP contribution in [0.25, 0.3) is 0 Å². The molecule has 0 aliphatic heterocycles. The highest BCUT2D eigenvalue weighted by Gasteiger charge is 2.27. The lowest BCUT2D eigenvalue weighted by molar-refractivity contribution is 0.0979. The number of benzene rings is 2. The Kier molecular flexibility index (Phi) is 5.29. The minimum absolute atomic E-state index is 0.252. The summed E-state index contributed by atoms with van der Waals surface area (Å²) in [5.41, 5.74) is 0.551. The van der Waals surface area contributed by atoms with Crippen molar-refractivity contribution in [3.8, 4) is 6.07 Å². The average Bonchev–Trinajstić information content (AvgIpc) is 2.42. The van der Waals surface area contributed by atoms with Crippen LogP contribution in [-0.4, -0.2) is 5.78 Å². The molecule has 0 aliphatic carbocycles. The van der Waals surface area contributed by atoms with E-state index in [0.717, 1.165) is 4.47 Å². The van der Waals surface area contributed by atoms with Crippen LogP contribution >= 0.6 is 50.7 Å². The Balaban J connectivity index is 2.52. The van der Waals surface area contributed by atoms with Gasteiger partial charge in [-0.1, -0.05) is 56.8 Å². The van der Waals surface area contributed by atoms with Crippen LogP contribution in [0.4, 0.5) is 0 Å². The van der Waals surface area contributed by atoms with Gasteiger partial charge in [-0.3, -0.25) is 4.79 Å². The Bertz CT molecular complexity index is 735. The van der Waals surface area contributed by atoms with Crippen molar-refractivity contribution >= 4 is 56.5 Å². The molecular weight excluding hydrogens is 396 g/mol. The summed E-state index contributed by atoms with van der Waals surface area (Å²) in [6.07, 6.45) is 0. The standard InChI is InChI=1S/C15H7BrCl3NO/c16-8-4-5-9(13(19)6-8)15(21)10(7-20)14-11(17)2-1-3-12(14)18/h1-6,10H. The van der Waals surface area contributed by atoms with Gasteiger partial charge in [0.05, 0.1) is 11.1 Å². The maximum Gasteiger partial charge on any atom is 0.186 e. The van der Waals surface area contributed by atoms with Gasteiger partial charge < -0.3 is 0 Å². The zero-order valence-corrected chi connectivity index (χ0v) is 14.3. The van der Waals surface area contributed by atoms with Gasteiger partial charge >= 0.3 is 0 Å². The number of carbonyl (C=O) groups is 1. The van der Waals surface area contributed by atoms with E-state index in [1.54, 1.807) is 36.4 Å². The van der Waals surface area contributed by atoms with Gasteiger partial charge in [0.25, 0.3) is 0 Å². The van der Waals surface area contributed by atoms with E-state index in [2.05, 4.69) is 15.9 Å². The molecule has 0 N–H and O–H groups in total. The van der Waals surface area contributed by atoms with Crippen LogP contribution in [0.5, 0.6) is 0 Å². The van der Waals surface area contributed by atoms with E-state index < -0.39 is 11.7 Å². The number of carbonyl (C=O) groups excluding carboxylic acids is 1. The molecule has 6 heteroatoms. The molecule has 0 aliphatic rings. The van der Waals surface area contributed by atoms with Gasteiger partial charge in [0.1, 0.15) is 5.92 Å². The Morgan fingerprint density at radius 2 is 1.71 bits per heavy atom. The number of rotatable bonds is 3. The van der Waals surface area contributed by atoms with Crippen molar-refractivity contribution in [2.45, 2.75) is 5.92 Å². The van der Waals surface area contributed by atoms with Gasteiger partial charge in [-0.25, -0.2) is 0 Å². The second-order valence-corrected chi connectivity index (χ2v) is 6.32. The first kappa shape index (κ1) is 16.3. The second kappa shape index (κ2) is 6.81. The van der Waals surface area contributed by atoms with E-state index in [4.69, 9.17) is 34.8 Å². The normalized spacial score (nSPS) is 11.8. The Hall–Kier alpha value is -1.05. The van der Waals surface area contributed by atoms with Crippen LogP contribution in [0.15, 0.2) is 40.9 Å². The van der Waals surface area contributed by atoms with Crippen molar-refractivity contribution in [3.05, 3.63) is 67.1 Å². The van der Waals surface area contributed by atoms with E-state index >= 15 is 0 Å². The van der Waals surface area contributed by atoms with Crippen LogP contribution < -0.4 is 0 Å². The number of ketones is 1. The summed E-state index contributed by atoms with van der Waals surface area (Å²) in [5, 5.41) is 10.2. The average molecular weight is 403 g/mol. The minimum atomic E-state index is -1.11. The first-order chi connectivity index (χ1) is 9.95. The second-order valence-electron chi connectivity index (χ2n) is 4.19. The lowest BCUT2D eigenvalue weighted by Crippen LogP contribution is -2.13. The fraction of sp³-hybridized carbons (Fsp3) is 0.0667. The molecule has 1 unspecified atom stereocenters. The fourth-order valence-electron chi connectivity index (χ4n) is 1.89. The molecule has 2 aromatic rings. The molecule has 2 rings (SSSR count). The van der Waals surface area contributed by atoms with Gasteiger partial charge in [-0.05, 0) is 30.3 Å². The topological polar surface area (TPSA) is 40.9 Å². The van der Waals surface area contributed by atoms with Gasteiger partial charge in [0, 0.05) is 25.6 Å². The predicted molar refractivity (Wildman–Crippen MR) is 88.3 cm³/mol. The Morgan fingerprint density at radius 1 is 1.10 bits per heavy atom. The number of nitriles is 1. The molecule has 1 atom stereocenters. The molecule has 21 heavy (non-hydrogen) atoms. The number of Topliss-reactive ketones (excluding diaryl/α,β-unsaturated/α-hetero) is 1. The highest BCUT2D eigenvalue weighted by atomic mass is 79.9. The summed E-state index contributed by atoms with van der Waals surface area (Å²) in [5.74, 6) is -1.55. The molecule has 106 valence electrons. The Labute approximate surface area is 145 Å². The molecule has 0 amide bonds. The zero-order valence-electron chi connectivity index (χ0n) is 10.4. The molecule has 2 aromatic carbocycles. The van der Waals surface area contributed by atoms with Crippen LogP contribution in [0.1, 0.15) is 21.8 Å². The van der Waals surface area contributed by atoms with Crippen LogP contribution in [-0.2, 0) is 0 Å². The summed E-state index contributed by atoms with van der Waals surface area (Å²) in [4.78, 5) is 12.6. The summed E-state index contributed by atoms with van der Waals surface area (Å²) < 4.78 is 0.744. The number of halogens is 4. The van der Waals surface area contributed by atoms with Gasteiger partial charge in [-0.2, -0.15) is 5.26 Å². The lowest BCUT2D eigenvalue weighted by atomic mass is 9.91. The van der Waals surface area contributed by atoms with Crippen molar-refractivity contribution in [1.82, 2.24) is 0 Å². The smallest absolute Gasteiger partial charge is 0.186 e. The highest BCUT2D eigenvalue weighted by molar-refractivity contribution is 9.10. The maximum atomic E-state index is 12.6. The Morgan fingerprint density at radius 3 is 2.24 bits per heavy atom. The SMILES string of the molecule is N#CC(C(=O)c1ccc(Br)cc1Cl)c1c(Cl)cccc1Cl. The monoisotopic (exact) mass is 401 g/mol. The third-order valence-corrected chi connectivity index (χ3v) is 4.34. The third-order valence-electron chi connectivity index (χ3n) is 2.88. The molecule has 0 fully saturated rings. The minimum Gasteiger partial charge on any atom is -0.292 e. The van der Waals surface area contributed by atoms with Crippen molar-refractivity contribution < 1.29 is 4.79 Å². The first-order valence-electron chi connectivity index (χ1n) is 5.78. The highest BCUT2D eigenvalue weighted by Crippen LogP contribution is 2.35. The number of hydrogen-bond donors (Lipinski definition) is 0. The van der Waals surface area contributed by atoms with Crippen LogP contribution in [0, 0.1) is 11.3 Å². The predicted octanol–water partition coefficient (Wildman–Crippen LogP) is 5.90. The molecule has 0 saturated carbocycles. The first-order valence-corrected chi connectivity index (χ1v) is 7.71. The van der Waals surface area contributed by atoms with E-state index in [-0.39, 0.29) is 20.6 Å². The largest absolute Gasteiger partial charge is 0.292 e. The van der Waals surface area contributed by atoms with E-state index in [9.17, 15) is 10.1 Å². The molecular formula is C15H7BrCl3NO. The molecule has 0 radical (unpaired) electrons.